The van der Waals surface area contributed by atoms with Crippen molar-refractivity contribution >= 4 is 0 Å². The van der Waals surface area contributed by atoms with Gasteiger partial charge in [-0.3, -0.25) is 0 Å². The van der Waals surface area contributed by atoms with Gasteiger partial charge in [0, 0.05) is 0 Å². The summed E-state index contributed by atoms with van der Waals surface area (Å²) in [4.78, 5) is 0. The van der Waals surface area contributed by atoms with E-state index < -0.39 is 0 Å². The first kappa shape index (κ1) is 14.5. The van der Waals surface area contributed by atoms with Gasteiger partial charge in [-0.15, -0.1) is 5.10 Å². The molecule has 0 aliphatic heterocycles. The molecule has 0 radical (unpaired) electrons. The van der Waals surface area contributed by atoms with Crippen LogP contribution in [0, 0.1) is 0 Å². The van der Waals surface area contributed by atoms with Crippen LogP contribution in [-0.4, -0.2) is 33.9 Å². The molecule has 108 valence electrons. The first-order valence-corrected chi connectivity index (χ1v) is 6.87. The Morgan fingerprint density at radius 3 is 2.70 bits per heavy atom. The fraction of sp³-hybridized carbons (Fsp3) is 0.500. The molecule has 0 aliphatic carbocycles. The maximum atomic E-state index is 5.17. The van der Waals surface area contributed by atoms with Crippen LogP contribution in [0.3, 0.4) is 0 Å². The summed E-state index contributed by atoms with van der Waals surface area (Å²) in [7, 11) is 1.66. The third-order valence-electron chi connectivity index (χ3n) is 3.24. The van der Waals surface area contributed by atoms with E-state index in [2.05, 4.69) is 34.7 Å². The molecule has 0 saturated carbocycles. The van der Waals surface area contributed by atoms with Crippen LogP contribution in [-0.2, 0) is 6.54 Å². The Morgan fingerprint density at radius 1 is 1.30 bits per heavy atom. The van der Waals surface area contributed by atoms with Crippen LogP contribution < -0.4 is 10.1 Å². The molecule has 20 heavy (non-hydrogen) atoms. The third kappa shape index (κ3) is 3.33. The van der Waals surface area contributed by atoms with Crippen molar-refractivity contribution in [2.45, 2.75) is 32.9 Å². The van der Waals surface area contributed by atoms with Gasteiger partial charge in [0.25, 0.3) is 0 Å². The summed E-state index contributed by atoms with van der Waals surface area (Å²) >= 11 is 0. The number of hydrogen-bond acceptors (Lipinski definition) is 5. The highest BCUT2D eigenvalue weighted by molar-refractivity contribution is 5.29. The number of tetrazole rings is 1. The second-order valence-electron chi connectivity index (χ2n) is 4.67. The molecule has 1 aromatic carbocycles. The SMILES string of the molecule is CCCNCc1nnnn1C(C)c1ccc(OC)cc1. The largest absolute Gasteiger partial charge is 0.497 e. The maximum absolute atomic E-state index is 5.17. The quantitative estimate of drug-likeness (QED) is 0.780. The minimum Gasteiger partial charge on any atom is -0.497 e. The molecular weight excluding hydrogens is 254 g/mol. The predicted octanol–water partition coefficient (Wildman–Crippen LogP) is 1.79. The van der Waals surface area contributed by atoms with E-state index in [0.717, 1.165) is 30.1 Å². The van der Waals surface area contributed by atoms with E-state index in [1.54, 1.807) is 7.11 Å². The molecule has 1 aromatic heterocycles. The number of hydrogen-bond donors (Lipinski definition) is 1. The van der Waals surface area contributed by atoms with Crippen molar-refractivity contribution in [2.75, 3.05) is 13.7 Å². The number of rotatable bonds is 7. The molecule has 1 heterocycles. The van der Waals surface area contributed by atoms with Gasteiger partial charge < -0.3 is 10.1 Å². The van der Waals surface area contributed by atoms with Gasteiger partial charge in [0.15, 0.2) is 5.82 Å². The fourth-order valence-electron chi connectivity index (χ4n) is 2.03. The minimum atomic E-state index is 0.0920. The van der Waals surface area contributed by atoms with Crippen molar-refractivity contribution < 1.29 is 4.74 Å². The molecule has 6 heteroatoms. The molecule has 0 aliphatic rings. The van der Waals surface area contributed by atoms with E-state index in [1.807, 2.05) is 28.9 Å². The highest BCUT2D eigenvalue weighted by Gasteiger charge is 2.14. The molecule has 2 aromatic rings. The zero-order valence-corrected chi connectivity index (χ0v) is 12.2. The van der Waals surface area contributed by atoms with Gasteiger partial charge in [-0.1, -0.05) is 19.1 Å². The van der Waals surface area contributed by atoms with Crippen LogP contribution in [0.1, 0.15) is 37.7 Å². The lowest BCUT2D eigenvalue weighted by molar-refractivity contribution is 0.414. The highest BCUT2D eigenvalue weighted by Crippen LogP contribution is 2.20. The van der Waals surface area contributed by atoms with Gasteiger partial charge in [0.05, 0.1) is 19.7 Å². The smallest absolute Gasteiger partial charge is 0.165 e. The van der Waals surface area contributed by atoms with Gasteiger partial charge in [0.2, 0.25) is 0 Å². The van der Waals surface area contributed by atoms with Gasteiger partial charge >= 0.3 is 0 Å². The molecule has 0 fully saturated rings. The van der Waals surface area contributed by atoms with Crippen LogP contribution in [0.4, 0.5) is 0 Å². The van der Waals surface area contributed by atoms with Gasteiger partial charge in [-0.2, -0.15) is 0 Å². The van der Waals surface area contributed by atoms with Crippen molar-refractivity contribution in [2.24, 2.45) is 0 Å². The van der Waals surface area contributed by atoms with Crippen molar-refractivity contribution in [3.05, 3.63) is 35.7 Å². The lowest BCUT2D eigenvalue weighted by Crippen LogP contribution is -2.20. The normalized spacial score (nSPS) is 12.3. The first-order chi connectivity index (χ1) is 9.76. The number of ether oxygens (including phenoxy) is 1. The Morgan fingerprint density at radius 2 is 2.05 bits per heavy atom. The monoisotopic (exact) mass is 275 g/mol. The highest BCUT2D eigenvalue weighted by atomic mass is 16.5. The molecule has 1 N–H and O–H groups in total. The summed E-state index contributed by atoms with van der Waals surface area (Å²) < 4.78 is 7.02. The average molecular weight is 275 g/mol. The Labute approximate surface area is 119 Å². The molecule has 6 nitrogen and oxygen atoms in total. The Bertz CT molecular complexity index is 523. The molecule has 2 rings (SSSR count). The van der Waals surface area contributed by atoms with Crippen LogP contribution in [0.25, 0.3) is 0 Å². The number of nitrogens with zero attached hydrogens (tertiary/aromatic N) is 4. The van der Waals surface area contributed by atoms with Crippen LogP contribution in [0.15, 0.2) is 24.3 Å². The molecule has 0 amide bonds. The summed E-state index contributed by atoms with van der Waals surface area (Å²) in [5, 5.41) is 15.3. The van der Waals surface area contributed by atoms with E-state index in [9.17, 15) is 0 Å². The molecule has 1 unspecified atom stereocenters. The van der Waals surface area contributed by atoms with E-state index in [-0.39, 0.29) is 6.04 Å². The van der Waals surface area contributed by atoms with Crippen molar-refractivity contribution in [3.63, 3.8) is 0 Å². The fourth-order valence-corrected chi connectivity index (χ4v) is 2.03. The standard InChI is InChI=1S/C14H21N5O/c1-4-9-15-10-14-16-17-18-19(14)11(2)12-5-7-13(20-3)8-6-12/h5-8,11,15H,4,9-10H2,1-3H3. The van der Waals surface area contributed by atoms with E-state index in [4.69, 9.17) is 4.74 Å². The number of benzene rings is 1. The molecule has 0 bridgehead atoms. The zero-order valence-electron chi connectivity index (χ0n) is 12.2. The van der Waals surface area contributed by atoms with E-state index in [0.29, 0.717) is 6.54 Å². The van der Waals surface area contributed by atoms with E-state index >= 15 is 0 Å². The summed E-state index contributed by atoms with van der Waals surface area (Å²) in [5.41, 5.74) is 1.15. The minimum absolute atomic E-state index is 0.0920. The second kappa shape index (κ2) is 7.00. The predicted molar refractivity (Wildman–Crippen MR) is 76.6 cm³/mol. The number of aromatic nitrogens is 4. The Hall–Kier alpha value is -1.95. The van der Waals surface area contributed by atoms with Crippen LogP contribution in [0.2, 0.25) is 0 Å². The average Bonchev–Trinajstić information content (AvgIpc) is 2.95. The van der Waals surface area contributed by atoms with Gasteiger partial charge in [0.1, 0.15) is 5.75 Å². The summed E-state index contributed by atoms with van der Waals surface area (Å²) in [6.45, 7) is 5.86. The van der Waals surface area contributed by atoms with Gasteiger partial charge in [-0.05, 0) is 48.0 Å². The lowest BCUT2D eigenvalue weighted by Gasteiger charge is -2.14. The van der Waals surface area contributed by atoms with Crippen molar-refractivity contribution in [1.29, 1.82) is 0 Å². The molecular formula is C14H21N5O. The number of methoxy groups -OCH3 is 1. The number of nitrogens with one attached hydrogen (secondary N) is 1. The molecule has 1 atom stereocenters. The Kier molecular flexibility index (Phi) is 5.06. The lowest BCUT2D eigenvalue weighted by atomic mass is 10.1. The third-order valence-corrected chi connectivity index (χ3v) is 3.24. The molecule has 0 spiro atoms. The second-order valence-corrected chi connectivity index (χ2v) is 4.67. The van der Waals surface area contributed by atoms with Crippen molar-refractivity contribution in [1.82, 2.24) is 25.5 Å². The summed E-state index contributed by atoms with van der Waals surface area (Å²) in [5.74, 6) is 1.70. The van der Waals surface area contributed by atoms with E-state index in [1.165, 1.54) is 0 Å². The van der Waals surface area contributed by atoms with Gasteiger partial charge in [-0.25, -0.2) is 4.68 Å². The topological polar surface area (TPSA) is 64.9 Å². The van der Waals surface area contributed by atoms with Crippen LogP contribution in [0.5, 0.6) is 5.75 Å². The summed E-state index contributed by atoms with van der Waals surface area (Å²) in [6, 6.07) is 8.06. The maximum Gasteiger partial charge on any atom is 0.165 e. The summed E-state index contributed by atoms with van der Waals surface area (Å²) in [6.07, 6.45) is 1.09. The Balaban J connectivity index is 2.11. The zero-order chi connectivity index (χ0) is 14.4. The first-order valence-electron chi connectivity index (χ1n) is 6.87. The molecule has 0 saturated heterocycles. The van der Waals surface area contributed by atoms with Crippen molar-refractivity contribution in [3.8, 4) is 5.75 Å². The van der Waals surface area contributed by atoms with Crippen LogP contribution >= 0.6 is 0 Å².